The van der Waals surface area contributed by atoms with Crippen LogP contribution in [0.5, 0.6) is 5.75 Å². The molecule has 0 aromatic heterocycles. The van der Waals surface area contributed by atoms with Crippen molar-refractivity contribution in [2.75, 3.05) is 0 Å². The van der Waals surface area contributed by atoms with Crippen LogP contribution in [0.15, 0.2) is 47.5 Å². The van der Waals surface area contributed by atoms with Crippen LogP contribution in [0, 0.1) is 5.92 Å². The zero-order valence-corrected chi connectivity index (χ0v) is 23.8. The van der Waals surface area contributed by atoms with Gasteiger partial charge in [0, 0.05) is 36.8 Å². The third kappa shape index (κ3) is 7.24. The van der Waals surface area contributed by atoms with E-state index in [0.29, 0.717) is 31.2 Å². The van der Waals surface area contributed by atoms with Crippen LogP contribution in [0.3, 0.4) is 0 Å². The van der Waals surface area contributed by atoms with Gasteiger partial charge < -0.3 is 15.8 Å². The van der Waals surface area contributed by atoms with Crippen LogP contribution in [0.2, 0.25) is 0 Å². The van der Waals surface area contributed by atoms with E-state index in [4.69, 9.17) is 10.5 Å². The van der Waals surface area contributed by atoms with Crippen molar-refractivity contribution < 1.29 is 23.1 Å². The van der Waals surface area contributed by atoms with Crippen molar-refractivity contribution in [3.05, 3.63) is 64.7 Å². The molecule has 2 aromatic carbocycles. The average molecular weight is 567 g/mol. The van der Waals surface area contributed by atoms with Gasteiger partial charge in [-0.1, -0.05) is 42.8 Å². The van der Waals surface area contributed by atoms with E-state index in [-0.39, 0.29) is 54.2 Å². The molecule has 0 saturated carbocycles. The summed E-state index contributed by atoms with van der Waals surface area (Å²) in [7, 11) is 0. The van der Waals surface area contributed by atoms with Gasteiger partial charge in [0.05, 0.1) is 12.1 Å². The highest BCUT2D eigenvalue weighted by molar-refractivity contribution is 5.98. The minimum Gasteiger partial charge on any atom is -0.487 e. The second kappa shape index (κ2) is 11.8. The maximum Gasteiger partial charge on any atom is 0.273 e. The van der Waals surface area contributed by atoms with Gasteiger partial charge >= 0.3 is 0 Å². The summed E-state index contributed by atoms with van der Waals surface area (Å²) >= 11 is 0. The highest BCUT2D eigenvalue weighted by atomic mass is 19.3. The van der Waals surface area contributed by atoms with Crippen LogP contribution in [-0.2, 0) is 28.4 Å². The summed E-state index contributed by atoms with van der Waals surface area (Å²) < 4.78 is 35.7. The number of aliphatic imine (C=N–C) groups is 1. The summed E-state index contributed by atoms with van der Waals surface area (Å²) in [6, 6.07) is 12.6. The van der Waals surface area contributed by atoms with E-state index in [1.807, 2.05) is 19.9 Å². The maximum absolute atomic E-state index is 14.7. The largest absolute Gasteiger partial charge is 0.487 e. The molecule has 220 valence electrons. The molecule has 0 saturated heterocycles. The van der Waals surface area contributed by atoms with Crippen molar-refractivity contribution in [3.63, 3.8) is 0 Å². The number of rotatable bonds is 9. The molecule has 2 aromatic rings. The molecule has 1 aliphatic carbocycles. The Kier molecular flexibility index (Phi) is 8.34. The van der Waals surface area contributed by atoms with Gasteiger partial charge in [0.2, 0.25) is 11.8 Å². The van der Waals surface area contributed by atoms with Gasteiger partial charge in [0.1, 0.15) is 11.4 Å². The molecule has 0 radical (unpaired) electrons. The van der Waals surface area contributed by atoms with Crippen molar-refractivity contribution in [1.29, 1.82) is 0 Å². The topological polar surface area (TPSA) is 106 Å². The zero-order chi connectivity index (χ0) is 29.2. The fourth-order valence-electron chi connectivity index (χ4n) is 6.46. The average Bonchev–Trinajstić information content (AvgIpc) is 2.89. The number of aryl methyl sites for hydroxylation is 1. The molecule has 5 rings (SSSR count). The summed E-state index contributed by atoms with van der Waals surface area (Å²) in [6.07, 6.45) is 5.48. The predicted molar refractivity (Wildman–Crippen MR) is 154 cm³/mol. The monoisotopic (exact) mass is 566 g/mol. The summed E-state index contributed by atoms with van der Waals surface area (Å²) in [5, 5.41) is 5.71. The fourth-order valence-corrected chi connectivity index (χ4v) is 6.46. The zero-order valence-electron chi connectivity index (χ0n) is 23.8. The Morgan fingerprint density at radius 2 is 1.93 bits per heavy atom. The van der Waals surface area contributed by atoms with Crippen LogP contribution in [0.1, 0.15) is 93.5 Å². The normalized spacial score (nSPS) is 24.2. The van der Waals surface area contributed by atoms with Crippen molar-refractivity contribution in [1.82, 2.24) is 10.6 Å². The molecular formula is C32H40F2N4O3. The van der Waals surface area contributed by atoms with Crippen molar-refractivity contribution >= 4 is 17.8 Å². The molecule has 9 heteroatoms. The van der Waals surface area contributed by atoms with E-state index in [0.717, 1.165) is 42.6 Å². The maximum atomic E-state index is 14.7. The number of fused-ring (bicyclic) bond motifs is 2. The van der Waals surface area contributed by atoms with Crippen LogP contribution in [0.25, 0.3) is 0 Å². The molecule has 2 heterocycles. The highest BCUT2D eigenvalue weighted by Crippen LogP contribution is 2.44. The number of unbranched alkanes of at least 4 members (excludes halogenated alkanes) is 1. The number of guanidine groups is 1. The third-order valence-corrected chi connectivity index (χ3v) is 8.37. The first kappa shape index (κ1) is 29.0. The van der Waals surface area contributed by atoms with E-state index >= 15 is 0 Å². The minimum atomic E-state index is -2.86. The second-order valence-electron chi connectivity index (χ2n) is 12.4. The quantitative estimate of drug-likeness (QED) is 0.351. The molecule has 41 heavy (non-hydrogen) atoms. The number of carbonyl (C=O) groups excluding carboxylic acids is 2. The number of carbonyl (C=O) groups is 2. The summed E-state index contributed by atoms with van der Waals surface area (Å²) in [5.74, 6) is -2.35. The molecule has 0 spiro atoms. The Morgan fingerprint density at radius 3 is 2.73 bits per heavy atom. The van der Waals surface area contributed by atoms with Gasteiger partial charge in [-0.05, 0) is 69.1 Å². The Balaban J connectivity index is 1.17. The van der Waals surface area contributed by atoms with E-state index < -0.39 is 11.5 Å². The number of nitrogens with zero attached hydrogens (tertiary/aromatic N) is 1. The molecular weight excluding hydrogens is 526 g/mol. The molecule has 7 nitrogen and oxygen atoms in total. The SMILES string of the molecule is CC1(C)CC(NC(=O)CCC2Cc3ccccc3C(F)(F)C2)c2cc(CCCCC3CC(=O)NC(N)=N3)ccc2O1. The molecule has 4 N–H and O–H groups in total. The lowest BCUT2D eigenvalue weighted by atomic mass is 9.79. The highest BCUT2D eigenvalue weighted by Gasteiger charge is 2.41. The smallest absolute Gasteiger partial charge is 0.273 e. The lowest BCUT2D eigenvalue weighted by molar-refractivity contribution is -0.123. The molecule has 2 aliphatic heterocycles. The summed E-state index contributed by atoms with van der Waals surface area (Å²) in [4.78, 5) is 29.1. The number of alkyl halides is 2. The first-order valence-corrected chi connectivity index (χ1v) is 14.7. The number of halogens is 2. The standard InChI is InChI=1S/C32H40F2N4O3/c1-31(2)19-26(37-28(39)14-12-21-15-22-8-4-6-10-25(22)32(33,34)18-21)24-16-20(11-13-27(24)41-31)7-3-5-9-23-17-29(40)38-30(35)36-23/h4,6,8,10-11,13,16,21,23,26H,3,5,7,9,12,14-15,17-19H2,1-2H3,(H,37,39)(H3,35,36,38,40). The number of nitrogens with one attached hydrogen (secondary N) is 2. The number of ether oxygens (including phenoxy) is 1. The van der Waals surface area contributed by atoms with Crippen molar-refractivity contribution in [2.45, 2.75) is 102 Å². The van der Waals surface area contributed by atoms with Gasteiger partial charge in [-0.25, -0.2) is 13.8 Å². The lowest BCUT2D eigenvalue weighted by Gasteiger charge is -2.38. The van der Waals surface area contributed by atoms with Gasteiger partial charge in [-0.15, -0.1) is 0 Å². The fraction of sp³-hybridized carbons (Fsp3) is 0.531. The van der Waals surface area contributed by atoms with Crippen LogP contribution < -0.4 is 21.1 Å². The molecule has 3 aliphatic rings. The van der Waals surface area contributed by atoms with Crippen molar-refractivity contribution in [2.24, 2.45) is 16.6 Å². The number of nitrogens with two attached hydrogens (primary N) is 1. The Labute approximate surface area is 240 Å². The van der Waals surface area contributed by atoms with E-state index in [9.17, 15) is 18.4 Å². The molecule has 3 atom stereocenters. The number of hydrogen-bond acceptors (Lipinski definition) is 5. The van der Waals surface area contributed by atoms with E-state index in [2.05, 4.69) is 27.8 Å². The Hall–Kier alpha value is -3.49. The van der Waals surface area contributed by atoms with Gasteiger partial charge in [0.25, 0.3) is 5.92 Å². The lowest BCUT2D eigenvalue weighted by Crippen LogP contribution is -2.43. The second-order valence-corrected chi connectivity index (χ2v) is 12.4. The Morgan fingerprint density at radius 1 is 1.12 bits per heavy atom. The van der Waals surface area contributed by atoms with Gasteiger partial charge in [-0.3, -0.25) is 14.9 Å². The van der Waals surface area contributed by atoms with Crippen LogP contribution in [-0.4, -0.2) is 29.4 Å². The minimum absolute atomic E-state index is 0.0721. The van der Waals surface area contributed by atoms with E-state index in [1.165, 1.54) is 6.07 Å². The summed E-state index contributed by atoms with van der Waals surface area (Å²) in [5.41, 5.74) is 8.14. The van der Waals surface area contributed by atoms with E-state index in [1.54, 1.807) is 18.2 Å². The molecule has 2 amide bonds. The van der Waals surface area contributed by atoms with Crippen LogP contribution in [0.4, 0.5) is 8.78 Å². The number of amides is 2. The summed E-state index contributed by atoms with van der Waals surface area (Å²) in [6.45, 7) is 4.01. The molecule has 3 unspecified atom stereocenters. The Bertz CT molecular complexity index is 1330. The number of hydrogen-bond donors (Lipinski definition) is 3. The molecule has 0 fully saturated rings. The first-order chi connectivity index (χ1) is 19.5. The predicted octanol–water partition coefficient (Wildman–Crippen LogP) is 5.46. The van der Waals surface area contributed by atoms with Gasteiger partial charge in [0.15, 0.2) is 5.96 Å². The number of benzene rings is 2. The third-order valence-electron chi connectivity index (χ3n) is 8.37. The first-order valence-electron chi connectivity index (χ1n) is 14.7. The van der Waals surface area contributed by atoms with Crippen molar-refractivity contribution in [3.8, 4) is 5.75 Å². The molecule has 0 bridgehead atoms. The van der Waals surface area contributed by atoms with Crippen LogP contribution >= 0.6 is 0 Å². The van der Waals surface area contributed by atoms with Gasteiger partial charge in [-0.2, -0.15) is 0 Å².